The lowest BCUT2D eigenvalue weighted by atomic mass is 9.78. The Bertz CT molecular complexity index is 4420. The average molecular weight is 1040 g/mol. The van der Waals surface area contributed by atoms with Gasteiger partial charge in [-0.05, 0) is 206 Å². The fraction of sp³-hybridized carbons (Fsp3) is 0.128. The summed E-state index contributed by atoms with van der Waals surface area (Å²) in [4.78, 5) is 7.25. The molecular formula is C78H63N3. The summed E-state index contributed by atoms with van der Waals surface area (Å²) in [5, 5.41) is 5.04. The van der Waals surface area contributed by atoms with Gasteiger partial charge in [0.1, 0.15) is 0 Å². The summed E-state index contributed by atoms with van der Waals surface area (Å²) in [7, 11) is 0. The fourth-order valence-corrected chi connectivity index (χ4v) is 14.3. The van der Waals surface area contributed by atoms with Crippen LogP contribution in [0.1, 0.15) is 80.5 Å². The first-order valence-corrected chi connectivity index (χ1v) is 28.7. The van der Waals surface area contributed by atoms with E-state index in [0.717, 1.165) is 39.8 Å². The molecule has 0 saturated heterocycles. The summed E-state index contributed by atoms with van der Waals surface area (Å²) in [6.07, 6.45) is 0. The Morgan fingerprint density at radius 2 is 0.494 bits per heavy atom. The second-order valence-corrected chi connectivity index (χ2v) is 24.2. The molecule has 12 aromatic rings. The zero-order chi connectivity index (χ0) is 54.9. The quantitative estimate of drug-likeness (QED) is 0.143. The number of aryl methyl sites for hydroxylation is 1. The van der Waals surface area contributed by atoms with Gasteiger partial charge in [0.05, 0.1) is 11.4 Å². The first kappa shape index (κ1) is 48.7. The van der Waals surface area contributed by atoms with Crippen molar-refractivity contribution in [2.75, 3.05) is 14.7 Å². The Labute approximate surface area is 476 Å². The normalized spacial score (nSPS) is 14.4. The predicted molar refractivity (Wildman–Crippen MR) is 343 cm³/mol. The van der Waals surface area contributed by atoms with Gasteiger partial charge in [0.15, 0.2) is 0 Å². The molecule has 3 heteroatoms. The Hall–Kier alpha value is -9.44. The molecule has 0 atom stereocenters. The minimum atomic E-state index is -0.299. The number of anilines is 9. The molecule has 3 nitrogen and oxygen atoms in total. The van der Waals surface area contributed by atoms with Crippen LogP contribution < -0.4 is 14.7 Å². The molecule has 0 fully saturated rings. The van der Waals surface area contributed by atoms with Gasteiger partial charge >= 0.3 is 0 Å². The van der Waals surface area contributed by atoms with E-state index < -0.39 is 0 Å². The maximum atomic E-state index is 2.60. The summed E-state index contributed by atoms with van der Waals surface area (Å²) in [6, 6.07) is 94.8. The molecule has 0 aromatic heterocycles. The highest BCUT2D eigenvalue weighted by atomic mass is 15.2. The van der Waals surface area contributed by atoms with Crippen LogP contribution >= 0.6 is 0 Å². The van der Waals surface area contributed by atoms with Gasteiger partial charge in [0.2, 0.25) is 0 Å². The maximum absolute atomic E-state index is 2.60. The summed E-state index contributed by atoms with van der Waals surface area (Å²) in [6.45, 7) is 16.9. The van der Waals surface area contributed by atoms with Crippen molar-refractivity contribution in [2.24, 2.45) is 0 Å². The zero-order valence-electron chi connectivity index (χ0n) is 47.1. The summed E-state index contributed by atoms with van der Waals surface area (Å²) in [5.41, 5.74) is 27.1. The number of fused-ring (bicyclic) bond motifs is 13. The van der Waals surface area contributed by atoms with Crippen molar-refractivity contribution >= 4 is 72.7 Å². The van der Waals surface area contributed by atoms with Gasteiger partial charge in [0, 0.05) is 66.8 Å². The van der Waals surface area contributed by atoms with E-state index >= 15 is 0 Å². The van der Waals surface area contributed by atoms with Crippen LogP contribution in [0.4, 0.5) is 51.2 Å². The number of rotatable bonds is 9. The monoisotopic (exact) mass is 1040 g/mol. The van der Waals surface area contributed by atoms with Crippen molar-refractivity contribution in [3.63, 3.8) is 0 Å². The van der Waals surface area contributed by atoms with Crippen LogP contribution in [0, 0.1) is 6.92 Å². The van der Waals surface area contributed by atoms with Crippen LogP contribution in [-0.4, -0.2) is 0 Å². The minimum absolute atomic E-state index is 0.247. The van der Waals surface area contributed by atoms with E-state index in [-0.39, 0.29) is 16.2 Å². The highest BCUT2D eigenvalue weighted by Gasteiger charge is 2.46. The minimum Gasteiger partial charge on any atom is -0.311 e. The van der Waals surface area contributed by atoms with Crippen LogP contribution in [0.15, 0.2) is 255 Å². The summed E-state index contributed by atoms with van der Waals surface area (Å²) in [5.74, 6) is 0. The number of hydrogen-bond donors (Lipinski definition) is 0. The van der Waals surface area contributed by atoms with Crippen LogP contribution in [0.2, 0.25) is 0 Å². The van der Waals surface area contributed by atoms with Gasteiger partial charge in [-0.1, -0.05) is 181 Å². The van der Waals surface area contributed by atoms with E-state index in [1.54, 1.807) is 0 Å². The Morgan fingerprint density at radius 3 is 0.864 bits per heavy atom. The van der Waals surface area contributed by atoms with Gasteiger partial charge in [-0.2, -0.15) is 0 Å². The van der Waals surface area contributed by atoms with E-state index in [1.807, 2.05) is 0 Å². The van der Waals surface area contributed by atoms with E-state index in [4.69, 9.17) is 0 Å². The lowest BCUT2D eigenvalue weighted by Crippen LogP contribution is -2.18. The lowest BCUT2D eigenvalue weighted by molar-refractivity contribution is 0.649. The molecule has 0 aliphatic heterocycles. The van der Waals surface area contributed by atoms with E-state index in [2.05, 4.69) is 318 Å². The fourth-order valence-electron chi connectivity index (χ4n) is 14.3. The van der Waals surface area contributed by atoms with Crippen LogP contribution in [0.5, 0.6) is 0 Å². The second-order valence-electron chi connectivity index (χ2n) is 24.2. The summed E-state index contributed by atoms with van der Waals surface area (Å²) >= 11 is 0. The van der Waals surface area contributed by atoms with Gasteiger partial charge in [-0.3, -0.25) is 0 Å². The van der Waals surface area contributed by atoms with E-state index in [0.29, 0.717) is 0 Å². The van der Waals surface area contributed by atoms with Gasteiger partial charge in [-0.15, -0.1) is 0 Å². The average Bonchev–Trinajstić information content (AvgIpc) is 4.19. The summed E-state index contributed by atoms with van der Waals surface area (Å²) < 4.78 is 0. The topological polar surface area (TPSA) is 9.72 Å². The molecule has 15 rings (SSSR count). The highest BCUT2D eigenvalue weighted by Crippen LogP contribution is 2.62. The molecule has 12 aromatic carbocycles. The van der Waals surface area contributed by atoms with Crippen LogP contribution in [-0.2, 0) is 16.2 Å². The SMILES string of the molecule is Cc1ccc(N(c2ccccc2)c2ccc(N(c3ccccc3)c3cc4c(c5ccccc35)-c3cc5c(cc3C4(C)C)-c3cc4c(cc3C5(C)C)-c3c(cc(N(c5ccccc5)c5ccccc5)c5ccccc35)C4(C)C)cc2)cc1. The first-order chi connectivity index (χ1) is 39.4. The Morgan fingerprint density at radius 1 is 0.235 bits per heavy atom. The van der Waals surface area contributed by atoms with Crippen molar-refractivity contribution in [3.8, 4) is 33.4 Å². The van der Waals surface area contributed by atoms with Crippen molar-refractivity contribution in [3.05, 3.63) is 294 Å². The largest absolute Gasteiger partial charge is 0.311 e. The van der Waals surface area contributed by atoms with Gasteiger partial charge < -0.3 is 14.7 Å². The highest BCUT2D eigenvalue weighted by molar-refractivity contribution is 6.12. The van der Waals surface area contributed by atoms with E-state index in [1.165, 1.54) is 105 Å². The molecule has 0 radical (unpaired) electrons. The third kappa shape index (κ3) is 7.34. The Balaban J connectivity index is 0.860. The standard InChI is InChI=1S/C78H63N3/c1-50-36-38-55(39-37-50)79(51-24-12-8-13-25-51)56-40-42-57(43-41-56)81(54-30-18-11-19-31-54)73-49-71-75(61-35-23-21-33-59(61)73)65-47-67-63(45-69(65)78(71,6)7)62-44-68-64(46-66(62)76(67,2)3)74-60-34-22-20-32-58(60)72(48-70(74)77(68,4)5)80(52-26-14-9-15-27-52)53-28-16-10-17-29-53/h8-49H,1-7H3. The predicted octanol–water partition coefficient (Wildman–Crippen LogP) is 21.6. The molecule has 0 amide bonds. The molecule has 0 N–H and O–H groups in total. The van der Waals surface area contributed by atoms with Crippen molar-refractivity contribution in [1.82, 2.24) is 0 Å². The maximum Gasteiger partial charge on any atom is 0.0543 e. The molecule has 390 valence electrons. The Kier molecular flexibility index (Phi) is 10.8. The number of hydrogen-bond acceptors (Lipinski definition) is 3. The molecule has 0 spiro atoms. The van der Waals surface area contributed by atoms with Crippen molar-refractivity contribution in [1.29, 1.82) is 0 Å². The molecular weight excluding hydrogens is 979 g/mol. The molecule has 3 aliphatic rings. The van der Waals surface area contributed by atoms with Crippen molar-refractivity contribution < 1.29 is 0 Å². The molecule has 0 unspecified atom stereocenters. The number of para-hydroxylation sites is 4. The molecule has 0 bridgehead atoms. The number of nitrogens with zero attached hydrogens (tertiary/aromatic N) is 3. The number of benzene rings is 12. The van der Waals surface area contributed by atoms with Gasteiger partial charge in [0.25, 0.3) is 0 Å². The smallest absolute Gasteiger partial charge is 0.0543 e. The van der Waals surface area contributed by atoms with Gasteiger partial charge in [-0.25, -0.2) is 0 Å². The van der Waals surface area contributed by atoms with Crippen molar-refractivity contribution in [2.45, 2.75) is 64.7 Å². The van der Waals surface area contributed by atoms with E-state index in [9.17, 15) is 0 Å². The zero-order valence-corrected chi connectivity index (χ0v) is 47.1. The lowest BCUT2D eigenvalue weighted by Gasteiger charge is -2.31. The molecule has 3 aliphatic carbocycles. The third-order valence-electron chi connectivity index (χ3n) is 18.4. The molecule has 0 saturated carbocycles. The second kappa shape index (κ2) is 18.0. The molecule has 81 heavy (non-hydrogen) atoms. The first-order valence-electron chi connectivity index (χ1n) is 28.7. The van der Waals surface area contributed by atoms with Crippen LogP contribution in [0.25, 0.3) is 54.9 Å². The molecule has 0 heterocycles. The third-order valence-corrected chi connectivity index (χ3v) is 18.4. The van der Waals surface area contributed by atoms with Crippen LogP contribution in [0.3, 0.4) is 0 Å².